The van der Waals surface area contributed by atoms with E-state index in [0.717, 1.165) is 16.4 Å². The molecule has 1 aromatic carbocycles. The normalized spacial score (nSPS) is 11.3. The van der Waals surface area contributed by atoms with E-state index in [-0.39, 0.29) is 34.3 Å². The minimum atomic E-state index is -3.99. The minimum Gasteiger partial charge on any atom is -0.258 e. The molecule has 0 spiro atoms. The number of nitro groups is 1. The van der Waals surface area contributed by atoms with Crippen molar-refractivity contribution >= 4 is 27.3 Å². The van der Waals surface area contributed by atoms with Crippen molar-refractivity contribution in [3.63, 3.8) is 0 Å². The summed E-state index contributed by atoms with van der Waals surface area (Å²) in [6, 6.07) is 3.84. The molecule has 0 aliphatic heterocycles. The first kappa shape index (κ1) is 16.4. The van der Waals surface area contributed by atoms with Gasteiger partial charge in [0.15, 0.2) is 0 Å². The Morgan fingerprint density at radius 1 is 1.50 bits per heavy atom. The molecule has 7 nitrogen and oxygen atoms in total. The molecule has 0 heterocycles. The standard InChI is InChI=1S/C11H12ClN3O4S/c1-3-14(5-4-13)20(18,19)9-6-10(12)8(2)11(7-9)15(16)17/h6-7H,3,5H2,1-2H3. The molecule has 0 N–H and O–H groups in total. The minimum absolute atomic E-state index is 0.00853. The first-order chi connectivity index (χ1) is 9.25. The Morgan fingerprint density at radius 2 is 2.10 bits per heavy atom. The van der Waals surface area contributed by atoms with E-state index >= 15 is 0 Å². The molecule has 0 unspecified atom stereocenters. The molecule has 20 heavy (non-hydrogen) atoms. The first-order valence-corrected chi connectivity index (χ1v) is 7.39. The Bertz CT molecular complexity index is 682. The summed E-state index contributed by atoms with van der Waals surface area (Å²) in [6.07, 6.45) is 0. The van der Waals surface area contributed by atoms with Gasteiger partial charge in [0.1, 0.15) is 6.54 Å². The maximum atomic E-state index is 12.3. The van der Waals surface area contributed by atoms with Gasteiger partial charge in [0.2, 0.25) is 10.0 Å². The van der Waals surface area contributed by atoms with Crippen LogP contribution >= 0.6 is 11.6 Å². The number of hydrogen-bond acceptors (Lipinski definition) is 5. The van der Waals surface area contributed by atoms with Crippen LogP contribution in [-0.4, -0.2) is 30.7 Å². The van der Waals surface area contributed by atoms with Crippen LogP contribution in [0.3, 0.4) is 0 Å². The third-order valence-corrected chi connectivity index (χ3v) is 5.02. The van der Waals surface area contributed by atoms with Crippen LogP contribution in [0.25, 0.3) is 0 Å². The molecule has 0 atom stereocenters. The highest BCUT2D eigenvalue weighted by Crippen LogP contribution is 2.30. The predicted molar refractivity (Wildman–Crippen MR) is 72.9 cm³/mol. The van der Waals surface area contributed by atoms with Crippen LogP contribution in [0.4, 0.5) is 5.69 Å². The molecule has 1 aromatic rings. The fourth-order valence-electron chi connectivity index (χ4n) is 1.57. The van der Waals surface area contributed by atoms with E-state index in [9.17, 15) is 18.5 Å². The van der Waals surface area contributed by atoms with Gasteiger partial charge in [-0.2, -0.15) is 9.57 Å². The summed E-state index contributed by atoms with van der Waals surface area (Å²) in [5.74, 6) is 0. The van der Waals surface area contributed by atoms with E-state index in [1.54, 1.807) is 13.0 Å². The van der Waals surface area contributed by atoms with Crippen LogP contribution in [0.1, 0.15) is 12.5 Å². The highest BCUT2D eigenvalue weighted by molar-refractivity contribution is 7.89. The molecule has 0 aliphatic carbocycles. The molecule has 0 radical (unpaired) electrons. The quantitative estimate of drug-likeness (QED) is 0.470. The third kappa shape index (κ3) is 3.07. The molecule has 9 heteroatoms. The second-order valence-corrected chi connectivity index (χ2v) is 6.24. The zero-order valence-electron chi connectivity index (χ0n) is 10.8. The summed E-state index contributed by atoms with van der Waals surface area (Å²) in [5.41, 5.74) is -0.178. The maximum absolute atomic E-state index is 12.3. The second-order valence-electron chi connectivity index (χ2n) is 3.90. The van der Waals surface area contributed by atoms with Crippen molar-refractivity contribution in [1.82, 2.24) is 4.31 Å². The van der Waals surface area contributed by atoms with E-state index in [2.05, 4.69) is 0 Å². The lowest BCUT2D eigenvalue weighted by Crippen LogP contribution is -2.31. The summed E-state index contributed by atoms with van der Waals surface area (Å²) < 4.78 is 25.5. The number of nitro benzene ring substituents is 1. The number of benzene rings is 1. The lowest BCUT2D eigenvalue weighted by molar-refractivity contribution is -0.385. The van der Waals surface area contributed by atoms with E-state index in [0.29, 0.717) is 0 Å². The van der Waals surface area contributed by atoms with Crippen LogP contribution in [0.15, 0.2) is 17.0 Å². The van der Waals surface area contributed by atoms with Crippen LogP contribution in [-0.2, 0) is 10.0 Å². The molecule has 0 saturated carbocycles. The fraction of sp³-hybridized carbons (Fsp3) is 0.364. The van der Waals surface area contributed by atoms with E-state index in [1.807, 2.05) is 0 Å². The average molecular weight is 318 g/mol. The van der Waals surface area contributed by atoms with Gasteiger partial charge >= 0.3 is 0 Å². The summed E-state index contributed by atoms with van der Waals surface area (Å²) in [5, 5.41) is 19.5. The van der Waals surface area contributed by atoms with Crippen molar-refractivity contribution < 1.29 is 13.3 Å². The van der Waals surface area contributed by atoms with Gasteiger partial charge < -0.3 is 0 Å². The number of nitrogens with zero attached hydrogens (tertiary/aromatic N) is 3. The molecule has 1 rings (SSSR count). The summed E-state index contributed by atoms with van der Waals surface area (Å²) in [7, 11) is -3.99. The van der Waals surface area contributed by atoms with Crippen molar-refractivity contribution in [3.8, 4) is 6.07 Å². The Morgan fingerprint density at radius 3 is 2.55 bits per heavy atom. The highest BCUT2D eigenvalue weighted by Gasteiger charge is 2.27. The molecular weight excluding hydrogens is 306 g/mol. The van der Waals surface area contributed by atoms with Gasteiger partial charge in [-0.1, -0.05) is 18.5 Å². The highest BCUT2D eigenvalue weighted by atomic mass is 35.5. The summed E-state index contributed by atoms with van der Waals surface area (Å²) in [6.45, 7) is 2.75. The van der Waals surface area contributed by atoms with Crippen molar-refractivity contribution in [3.05, 3.63) is 32.8 Å². The van der Waals surface area contributed by atoms with Gasteiger partial charge in [0, 0.05) is 18.2 Å². The Kier molecular flexibility index (Phi) is 5.05. The SMILES string of the molecule is CCN(CC#N)S(=O)(=O)c1cc(Cl)c(C)c([N+](=O)[O-])c1. The molecule has 0 aromatic heterocycles. The molecule has 0 saturated heterocycles. The van der Waals surface area contributed by atoms with Gasteiger partial charge in [0.25, 0.3) is 5.69 Å². The molecule has 0 amide bonds. The molecular formula is C11H12ClN3O4S. The van der Waals surface area contributed by atoms with E-state index in [4.69, 9.17) is 16.9 Å². The Labute approximate surface area is 121 Å². The zero-order chi connectivity index (χ0) is 15.5. The molecule has 108 valence electrons. The molecule has 0 bridgehead atoms. The van der Waals surface area contributed by atoms with Crippen molar-refractivity contribution in [2.75, 3.05) is 13.1 Å². The fourth-order valence-corrected chi connectivity index (χ4v) is 3.25. The van der Waals surface area contributed by atoms with Crippen molar-refractivity contribution in [1.29, 1.82) is 5.26 Å². The zero-order valence-corrected chi connectivity index (χ0v) is 12.4. The number of sulfonamides is 1. The molecule has 0 aliphatic rings. The van der Waals surface area contributed by atoms with Crippen LogP contribution in [0, 0.1) is 28.4 Å². The summed E-state index contributed by atoms with van der Waals surface area (Å²) >= 11 is 5.84. The second kappa shape index (κ2) is 6.17. The Balaban J connectivity index is 3.47. The van der Waals surface area contributed by atoms with Gasteiger partial charge in [0.05, 0.1) is 20.9 Å². The smallest absolute Gasteiger partial charge is 0.258 e. The van der Waals surface area contributed by atoms with Crippen molar-refractivity contribution in [2.45, 2.75) is 18.7 Å². The van der Waals surface area contributed by atoms with E-state index < -0.39 is 14.9 Å². The lowest BCUT2D eigenvalue weighted by Gasteiger charge is -2.17. The van der Waals surface area contributed by atoms with Crippen LogP contribution in [0.5, 0.6) is 0 Å². The predicted octanol–water partition coefficient (Wildman–Crippen LogP) is 2.09. The average Bonchev–Trinajstić information content (AvgIpc) is 2.38. The largest absolute Gasteiger partial charge is 0.275 e. The van der Waals surface area contributed by atoms with Crippen LogP contribution < -0.4 is 0 Å². The lowest BCUT2D eigenvalue weighted by atomic mass is 10.2. The number of halogens is 1. The van der Waals surface area contributed by atoms with Gasteiger partial charge in [-0.25, -0.2) is 8.42 Å². The van der Waals surface area contributed by atoms with Gasteiger partial charge in [-0.05, 0) is 13.0 Å². The first-order valence-electron chi connectivity index (χ1n) is 5.57. The topological polar surface area (TPSA) is 104 Å². The number of rotatable bonds is 5. The van der Waals surface area contributed by atoms with E-state index in [1.165, 1.54) is 6.92 Å². The van der Waals surface area contributed by atoms with Crippen LogP contribution in [0.2, 0.25) is 5.02 Å². The summed E-state index contributed by atoms with van der Waals surface area (Å²) in [4.78, 5) is 9.92. The number of hydrogen-bond donors (Lipinski definition) is 0. The third-order valence-electron chi connectivity index (χ3n) is 2.72. The molecule has 0 fully saturated rings. The van der Waals surface area contributed by atoms with Gasteiger partial charge in [-0.15, -0.1) is 0 Å². The Hall–Kier alpha value is -1.69. The van der Waals surface area contributed by atoms with Crippen molar-refractivity contribution in [2.24, 2.45) is 0 Å². The monoisotopic (exact) mass is 317 g/mol. The van der Waals surface area contributed by atoms with Gasteiger partial charge in [-0.3, -0.25) is 10.1 Å². The maximum Gasteiger partial charge on any atom is 0.275 e. The number of nitriles is 1.